The molecule has 1 N–H and O–H groups in total. The monoisotopic (exact) mass is 307 g/mol. The summed E-state index contributed by atoms with van der Waals surface area (Å²) in [5, 5.41) is 13.5. The van der Waals surface area contributed by atoms with Crippen molar-refractivity contribution in [3.05, 3.63) is 58.6 Å². The summed E-state index contributed by atoms with van der Waals surface area (Å²) in [6.45, 7) is 2.56. The van der Waals surface area contributed by atoms with E-state index in [0.717, 1.165) is 30.3 Å². The first-order valence-corrected chi connectivity index (χ1v) is 7.59. The average Bonchev–Trinajstić information content (AvgIpc) is 2.55. The number of benzene rings is 2. The van der Waals surface area contributed by atoms with Crippen LogP contribution in [-0.2, 0) is 0 Å². The Morgan fingerprint density at radius 1 is 1.23 bits per heavy atom. The second kappa shape index (κ2) is 6.43. The number of anilines is 1. The number of piperazine rings is 1. The summed E-state index contributed by atoms with van der Waals surface area (Å²) in [6, 6.07) is 15.8. The number of nitrogens with zero attached hydrogens (tertiary/aromatic N) is 2. The van der Waals surface area contributed by atoms with Gasteiger partial charge in [0, 0.05) is 24.7 Å². The molecule has 0 unspecified atom stereocenters. The van der Waals surface area contributed by atoms with E-state index in [1.165, 1.54) is 5.56 Å². The lowest BCUT2D eigenvalue weighted by Crippen LogP contribution is -2.46. The van der Waals surface area contributed by atoms with Crippen LogP contribution in [0.1, 0.15) is 17.2 Å². The molecule has 1 heterocycles. The van der Waals surface area contributed by atoms with Crippen molar-refractivity contribution in [2.75, 3.05) is 24.5 Å². The normalized spacial score (nSPS) is 18.0. The van der Waals surface area contributed by atoms with Crippen LogP contribution in [0.25, 0.3) is 0 Å². The molecule has 1 aliphatic rings. The average molecular weight is 308 g/mol. The van der Waals surface area contributed by atoms with Gasteiger partial charge in [0.25, 0.3) is 0 Å². The Hall–Kier alpha value is -1.96. The highest BCUT2D eigenvalue weighted by Crippen LogP contribution is 2.30. The van der Waals surface area contributed by atoms with Gasteiger partial charge in [-0.2, -0.15) is 5.26 Å². The SMILES string of the molecule is [B]c1ccc(N2CCNC[C@H]2c2ccc(Cl)cc2)c(C#N)c1. The number of halogens is 1. The molecule has 2 aromatic rings. The Morgan fingerprint density at radius 2 is 2.00 bits per heavy atom. The third-order valence-corrected chi connectivity index (χ3v) is 4.20. The van der Waals surface area contributed by atoms with Crippen molar-refractivity contribution < 1.29 is 0 Å². The van der Waals surface area contributed by atoms with Gasteiger partial charge >= 0.3 is 0 Å². The first-order valence-electron chi connectivity index (χ1n) is 7.21. The fourth-order valence-corrected chi connectivity index (χ4v) is 3.00. The number of hydrogen-bond donors (Lipinski definition) is 1. The molecule has 1 saturated heterocycles. The maximum Gasteiger partial charge on any atom is 0.113 e. The van der Waals surface area contributed by atoms with Crippen LogP contribution < -0.4 is 15.7 Å². The van der Waals surface area contributed by atoms with Gasteiger partial charge in [0.05, 0.1) is 17.3 Å². The van der Waals surface area contributed by atoms with Gasteiger partial charge in [-0.3, -0.25) is 0 Å². The molecule has 22 heavy (non-hydrogen) atoms. The van der Waals surface area contributed by atoms with E-state index in [0.29, 0.717) is 11.0 Å². The topological polar surface area (TPSA) is 39.1 Å². The molecule has 2 aromatic carbocycles. The van der Waals surface area contributed by atoms with Gasteiger partial charge < -0.3 is 10.2 Å². The van der Waals surface area contributed by atoms with Crippen LogP contribution in [-0.4, -0.2) is 27.5 Å². The predicted molar refractivity (Wildman–Crippen MR) is 91.0 cm³/mol. The summed E-state index contributed by atoms with van der Waals surface area (Å²) in [6.07, 6.45) is 0. The summed E-state index contributed by atoms with van der Waals surface area (Å²) < 4.78 is 0. The molecule has 0 aliphatic carbocycles. The van der Waals surface area contributed by atoms with Crippen LogP contribution in [0.5, 0.6) is 0 Å². The molecule has 1 aliphatic heterocycles. The van der Waals surface area contributed by atoms with Gasteiger partial charge in [0.1, 0.15) is 13.9 Å². The van der Waals surface area contributed by atoms with Gasteiger partial charge in [-0.1, -0.05) is 35.3 Å². The van der Waals surface area contributed by atoms with Gasteiger partial charge in [-0.05, 0) is 29.8 Å². The second-order valence-corrected chi connectivity index (χ2v) is 5.79. The van der Waals surface area contributed by atoms with Crippen LogP contribution in [0.4, 0.5) is 5.69 Å². The minimum absolute atomic E-state index is 0.168. The molecule has 3 nitrogen and oxygen atoms in total. The summed E-state index contributed by atoms with van der Waals surface area (Å²) >= 11 is 5.98. The molecular weight excluding hydrogens is 292 g/mol. The van der Waals surface area contributed by atoms with Crippen LogP contribution >= 0.6 is 11.6 Å². The van der Waals surface area contributed by atoms with Crippen molar-refractivity contribution in [2.24, 2.45) is 0 Å². The van der Waals surface area contributed by atoms with Crippen molar-refractivity contribution in [3.8, 4) is 6.07 Å². The lowest BCUT2D eigenvalue weighted by Gasteiger charge is -2.39. The zero-order valence-corrected chi connectivity index (χ0v) is 12.8. The molecule has 1 atom stereocenters. The second-order valence-electron chi connectivity index (χ2n) is 5.35. The highest BCUT2D eigenvalue weighted by Gasteiger charge is 2.25. The maximum atomic E-state index is 9.40. The fraction of sp³-hybridized carbons (Fsp3) is 0.235. The number of nitrogens with one attached hydrogen (secondary N) is 1. The number of hydrogen-bond acceptors (Lipinski definition) is 3. The maximum absolute atomic E-state index is 9.40. The van der Waals surface area contributed by atoms with E-state index in [9.17, 15) is 5.26 Å². The van der Waals surface area contributed by atoms with Crippen molar-refractivity contribution in [2.45, 2.75) is 6.04 Å². The molecule has 2 radical (unpaired) electrons. The smallest absolute Gasteiger partial charge is 0.113 e. The van der Waals surface area contributed by atoms with Gasteiger partial charge in [-0.15, -0.1) is 0 Å². The molecule has 0 aromatic heterocycles. The summed E-state index contributed by atoms with van der Waals surface area (Å²) in [5.41, 5.74) is 3.33. The van der Waals surface area contributed by atoms with Crippen LogP contribution in [0.3, 0.4) is 0 Å². The van der Waals surface area contributed by atoms with E-state index in [1.807, 2.05) is 36.4 Å². The highest BCUT2D eigenvalue weighted by molar-refractivity contribution is 6.32. The third-order valence-electron chi connectivity index (χ3n) is 3.95. The molecule has 3 rings (SSSR count). The zero-order valence-electron chi connectivity index (χ0n) is 12.1. The van der Waals surface area contributed by atoms with Gasteiger partial charge in [-0.25, -0.2) is 0 Å². The van der Waals surface area contributed by atoms with E-state index in [1.54, 1.807) is 6.07 Å². The third kappa shape index (κ3) is 2.97. The molecule has 0 amide bonds. The molecule has 0 saturated carbocycles. The largest absolute Gasteiger partial charge is 0.361 e. The van der Waals surface area contributed by atoms with Crippen molar-refractivity contribution in [3.63, 3.8) is 0 Å². The van der Waals surface area contributed by atoms with Crippen molar-refractivity contribution in [1.82, 2.24) is 5.32 Å². The van der Waals surface area contributed by atoms with Crippen molar-refractivity contribution in [1.29, 1.82) is 5.26 Å². The quantitative estimate of drug-likeness (QED) is 0.864. The Labute approximate surface area is 136 Å². The van der Waals surface area contributed by atoms with E-state index < -0.39 is 0 Å². The van der Waals surface area contributed by atoms with E-state index in [2.05, 4.69) is 16.3 Å². The van der Waals surface area contributed by atoms with Gasteiger partial charge in [0.15, 0.2) is 0 Å². The summed E-state index contributed by atoms with van der Waals surface area (Å²) in [7, 11) is 5.80. The van der Waals surface area contributed by atoms with Crippen molar-refractivity contribution >= 4 is 30.6 Å². The van der Waals surface area contributed by atoms with E-state index >= 15 is 0 Å². The Balaban J connectivity index is 2.00. The lowest BCUT2D eigenvalue weighted by molar-refractivity contribution is 0.489. The number of rotatable bonds is 2. The van der Waals surface area contributed by atoms with Gasteiger partial charge in [0.2, 0.25) is 0 Å². The minimum atomic E-state index is 0.168. The molecule has 0 spiro atoms. The molecule has 5 heteroatoms. The van der Waals surface area contributed by atoms with E-state index in [-0.39, 0.29) is 6.04 Å². The fourth-order valence-electron chi connectivity index (χ4n) is 2.87. The minimum Gasteiger partial charge on any atom is -0.361 e. The Bertz CT molecular complexity index is 709. The highest BCUT2D eigenvalue weighted by atomic mass is 35.5. The van der Waals surface area contributed by atoms with Crippen LogP contribution in [0, 0.1) is 11.3 Å². The predicted octanol–water partition coefficient (Wildman–Crippen LogP) is 2.16. The Morgan fingerprint density at radius 3 is 2.73 bits per heavy atom. The number of nitriles is 1. The molecule has 108 valence electrons. The van der Waals surface area contributed by atoms with Crippen LogP contribution in [0.15, 0.2) is 42.5 Å². The summed E-state index contributed by atoms with van der Waals surface area (Å²) in [5.74, 6) is 0. The molecule has 1 fully saturated rings. The Kier molecular flexibility index (Phi) is 4.38. The lowest BCUT2D eigenvalue weighted by atomic mass is 9.92. The molecule has 0 bridgehead atoms. The van der Waals surface area contributed by atoms with Crippen LogP contribution in [0.2, 0.25) is 5.02 Å². The summed E-state index contributed by atoms with van der Waals surface area (Å²) in [4.78, 5) is 2.26. The first-order chi connectivity index (χ1) is 10.7. The standard InChI is InChI=1S/C17H15BClN3/c18-14-3-6-16(13(9-14)10-20)22-8-7-21-11-17(22)12-1-4-15(19)5-2-12/h1-6,9,17,21H,7-8,11H2/t17-/m0/s1. The zero-order chi connectivity index (χ0) is 15.5. The molecular formula is C17H15BClN3. The first kappa shape index (κ1) is 15.0. The van der Waals surface area contributed by atoms with E-state index in [4.69, 9.17) is 19.4 Å².